The zero-order valence-corrected chi connectivity index (χ0v) is 10.4. The fourth-order valence-electron chi connectivity index (χ4n) is 1.34. The Morgan fingerprint density at radius 3 is 2.40 bits per heavy atom. The zero-order chi connectivity index (χ0) is 11.6. The molecule has 0 atom stereocenters. The smallest absolute Gasteiger partial charge is 0.251 e. The predicted octanol–water partition coefficient (Wildman–Crippen LogP) is 3.70. The van der Waals surface area contributed by atoms with Crippen molar-refractivity contribution in [1.82, 2.24) is 0 Å². The first kappa shape index (κ1) is 12.6. The molecule has 0 aliphatic carbocycles. The molecule has 0 saturated heterocycles. The molecule has 1 amide bonds. The lowest BCUT2D eigenvalue weighted by atomic mass is 10.1. The number of nitrogens with two attached hydrogens (primary N) is 1. The van der Waals surface area contributed by atoms with Crippen LogP contribution in [0.4, 0.5) is 0 Å². The topological polar surface area (TPSA) is 43.1 Å². The Morgan fingerprint density at radius 1 is 1.33 bits per heavy atom. The lowest BCUT2D eigenvalue weighted by Crippen LogP contribution is -2.13. The van der Waals surface area contributed by atoms with Gasteiger partial charge in [0.1, 0.15) is 0 Å². The Balaban J connectivity index is 3.42. The summed E-state index contributed by atoms with van der Waals surface area (Å²) in [5.74, 6) is -0.640. The van der Waals surface area contributed by atoms with Crippen LogP contribution < -0.4 is 5.73 Å². The van der Waals surface area contributed by atoms with Gasteiger partial charge in [-0.15, -0.1) is 0 Å². The lowest BCUT2D eigenvalue weighted by Gasteiger charge is -2.10. The summed E-state index contributed by atoms with van der Waals surface area (Å²) in [5.41, 5.74) is 6.05. The van der Waals surface area contributed by atoms with Crippen molar-refractivity contribution in [3.8, 4) is 0 Å². The van der Waals surface area contributed by atoms with Crippen LogP contribution in [0.3, 0.4) is 0 Å². The summed E-state index contributed by atoms with van der Waals surface area (Å²) in [7, 11) is 0. The van der Waals surface area contributed by atoms with Crippen molar-refractivity contribution in [3.63, 3.8) is 0 Å². The third-order valence-electron chi connectivity index (χ3n) is 2.01. The molecule has 0 saturated carbocycles. The number of benzene rings is 1. The van der Waals surface area contributed by atoms with E-state index in [4.69, 9.17) is 40.5 Å². The molecule has 0 bridgehead atoms. The molecule has 0 unspecified atom stereocenters. The number of amides is 1. The van der Waals surface area contributed by atoms with E-state index in [-0.39, 0.29) is 15.6 Å². The van der Waals surface area contributed by atoms with Crippen molar-refractivity contribution in [3.05, 3.63) is 32.3 Å². The SMILES string of the molecule is CCCc1c(Cl)cc(Cl)c(C(N)=O)c1Cl. The molecule has 0 aliphatic rings. The summed E-state index contributed by atoms with van der Waals surface area (Å²) >= 11 is 17.8. The molecule has 0 fully saturated rings. The first-order valence-corrected chi connectivity index (χ1v) is 5.58. The van der Waals surface area contributed by atoms with Gasteiger partial charge in [-0.2, -0.15) is 0 Å². The van der Waals surface area contributed by atoms with Crippen molar-refractivity contribution in [2.75, 3.05) is 0 Å². The van der Waals surface area contributed by atoms with Crippen LogP contribution in [0.5, 0.6) is 0 Å². The molecule has 1 aromatic rings. The number of rotatable bonds is 3. The van der Waals surface area contributed by atoms with Gasteiger partial charge in [-0.3, -0.25) is 4.79 Å². The summed E-state index contributed by atoms with van der Waals surface area (Å²) < 4.78 is 0. The van der Waals surface area contributed by atoms with Crippen LogP contribution in [0.25, 0.3) is 0 Å². The Labute approximate surface area is 103 Å². The minimum atomic E-state index is -0.640. The lowest BCUT2D eigenvalue weighted by molar-refractivity contribution is 0.100. The maximum Gasteiger partial charge on any atom is 0.251 e. The van der Waals surface area contributed by atoms with E-state index in [0.29, 0.717) is 11.4 Å². The molecule has 0 aromatic heterocycles. The van der Waals surface area contributed by atoms with Crippen molar-refractivity contribution < 1.29 is 4.79 Å². The van der Waals surface area contributed by atoms with E-state index in [1.807, 2.05) is 6.92 Å². The molecule has 2 nitrogen and oxygen atoms in total. The Hall–Kier alpha value is -0.440. The second-order valence-electron chi connectivity index (χ2n) is 3.12. The monoisotopic (exact) mass is 265 g/mol. The Bertz CT molecular complexity index is 404. The third kappa shape index (κ3) is 2.57. The number of halogens is 3. The number of carbonyl (C=O) groups excluding carboxylic acids is 1. The highest BCUT2D eigenvalue weighted by atomic mass is 35.5. The second kappa shape index (κ2) is 5.06. The summed E-state index contributed by atoms with van der Waals surface area (Å²) in [6.07, 6.45) is 1.56. The number of hydrogen-bond acceptors (Lipinski definition) is 1. The van der Waals surface area contributed by atoms with E-state index in [1.54, 1.807) is 0 Å². The van der Waals surface area contributed by atoms with E-state index in [0.717, 1.165) is 12.0 Å². The maximum absolute atomic E-state index is 11.1. The quantitative estimate of drug-likeness (QED) is 0.890. The first-order valence-electron chi connectivity index (χ1n) is 4.45. The highest BCUT2D eigenvalue weighted by Gasteiger charge is 2.17. The van der Waals surface area contributed by atoms with Gasteiger partial charge in [0.05, 0.1) is 15.6 Å². The van der Waals surface area contributed by atoms with Gasteiger partial charge in [-0.05, 0) is 18.1 Å². The first-order chi connectivity index (χ1) is 6.99. The number of hydrogen-bond donors (Lipinski definition) is 1. The molecular weight excluding hydrogens is 256 g/mol. The molecule has 0 spiro atoms. The van der Waals surface area contributed by atoms with E-state index in [1.165, 1.54) is 6.07 Å². The summed E-state index contributed by atoms with van der Waals surface area (Å²) in [6.45, 7) is 1.99. The van der Waals surface area contributed by atoms with Crippen LogP contribution in [0, 0.1) is 0 Å². The fraction of sp³-hybridized carbons (Fsp3) is 0.300. The Morgan fingerprint density at radius 2 is 1.93 bits per heavy atom. The van der Waals surface area contributed by atoms with Crippen LogP contribution in [0.1, 0.15) is 29.3 Å². The molecule has 2 N–H and O–H groups in total. The minimum absolute atomic E-state index is 0.145. The van der Waals surface area contributed by atoms with Crippen LogP contribution in [0.15, 0.2) is 6.07 Å². The summed E-state index contributed by atoms with van der Waals surface area (Å²) in [5, 5.41) is 0.927. The molecular formula is C10H10Cl3NO. The molecule has 0 aliphatic heterocycles. The van der Waals surface area contributed by atoms with Crippen LogP contribution in [0.2, 0.25) is 15.1 Å². The van der Waals surface area contributed by atoms with Gasteiger partial charge < -0.3 is 5.73 Å². The highest BCUT2D eigenvalue weighted by Crippen LogP contribution is 2.34. The Kier molecular flexibility index (Phi) is 4.26. The molecule has 1 aromatic carbocycles. The molecule has 1 rings (SSSR count). The molecule has 0 radical (unpaired) electrons. The number of primary amides is 1. The van der Waals surface area contributed by atoms with Gasteiger partial charge in [0.2, 0.25) is 0 Å². The van der Waals surface area contributed by atoms with Gasteiger partial charge in [0.25, 0.3) is 5.91 Å². The van der Waals surface area contributed by atoms with Crippen LogP contribution in [-0.2, 0) is 6.42 Å². The molecule has 82 valence electrons. The van der Waals surface area contributed by atoms with Gasteiger partial charge in [-0.1, -0.05) is 48.1 Å². The average Bonchev–Trinajstić information content (AvgIpc) is 2.11. The van der Waals surface area contributed by atoms with E-state index < -0.39 is 5.91 Å². The van der Waals surface area contributed by atoms with E-state index >= 15 is 0 Å². The average molecular weight is 267 g/mol. The molecule has 5 heteroatoms. The van der Waals surface area contributed by atoms with Crippen molar-refractivity contribution in [2.45, 2.75) is 19.8 Å². The standard InChI is InChI=1S/C10H10Cl3NO/c1-2-3-5-6(11)4-7(12)8(9(5)13)10(14)15/h4H,2-3H2,1H3,(H2,14,15). The minimum Gasteiger partial charge on any atom is -0.366 e. The largest absolute Gasteiger partial charge is 0.366 e. The van der Waals surface area contributed by atoms with Gasteiger partial charge >= 0.3 is 0 Å². The van der Waals surface area contributed by atoms with Crippen LogP contribution in [-0.4, -0.2) is 5.91 Å². The zero-order valence-electron chi connectivity index (χ0n) is 8.11. The highest BCUT2D eigenvalue weighted by molar-refractivity contribution is 6.43. The molecule has 15 heavy (non-hydrogen) atoms. The second-order valence-corrected chi connectivity index (χ2v) is 4.31. The fourth-order valence-corrected chi connectivity index (χ4v) is 2.47. The molecule has 0 heterocycles. The van der Waals surface area contributed by atoms with E-state index in [9.17, 15) is 4.79 Å². The van der Waals surface area contributed by atoms with Crippen molar-refractivity contribution in [2.24, 2.45) is 5.73 Å². The normalized spacial score (nSPS) is 10.4. The summed E-state index contributed by atoms with van der Waals surface area (Å²) in [4.78, 5) is 11.1. The van der Waals surface area contributed by atoms with Crippen molar-refractivity contribution >= 4 is 40.7 Å². The van der Waals surface area contributed by atoms with Gasteiger partial charge in [-0.25, -0.2) is 0 Å². The van der Waals surface area contributed by atoms with Crippen LogP contribution >= 0.6 is 34.8 Å². The maximum atomic E-state index is 11.1. The van der Waals surface area contributed by atoms with Crippen molar-refractivity contribution in [1.29, 1.82) is 0 Å². The van der Waals surface area contributed by atoms with E-state index in [2.05, 4.69) is 0 Å². The van der Waals surface area contributed by atoms with Gasteiger partial charge in [0, 0.05) is 5.02 Å². The summed E-state index contributed by atoms with van der Waals surface area (Å²) in [6, 6.07) is 1.50. The third-order valence-corrected chi connectivity index (χ3v) is 3.06. The predicted molar refractivity (Wildman–Crippen MR) is 64.0 cm³/mol. The van der Waals surface area contributed by atoms with Gasteiger partial charge in [0.15, 0.2) is 0 Å². The number of carbonyl (C=O) groups is 1.